The average molecular weight is 242 g/mol. The summed E-state index contributed by atoms with van der Waals surface area (Å²) in [5.41, 5.74) is 8.00. The van der Waals surface area contributed by atoms with Gasteiger partial charge in [-0.2, -0.15) is 0 Å². The maximum Gasteiger partial charge on any atom is 0.125 e. The second-order valence-corrected chi connectivity index (χ2v) is 5.40. The monoisotopic (exact) mass is 241 g/mol. The number of nitrogens with two attached hydrogens (primary N) is 1. The molecule has 0 aromatic heterocycles. The van der Waals surface area contributed by atoms with Crippen molar-refractivity contribution in [2.75, 3.05) is 13.7 Å². The Morgan fingerprint density at radius 3 is 2.50 bits per heavy atom. The van der Waals surface area contributed by atoms with Crippen molar-refractivity contribution < 1.29 is 4.74 Å². The Hall–Kier alpha value is -0.730. The Bertz CT molecular complexity index is 374. The van der Waals surface area contributed by atoms with Gasteiger partial charge in [-0.05, 0) is 48.6 Å². The van der Waals surface area contributed by atoms with Crippen molar-refractivity contribution in [3.8, 4) is 5.75 Å². The van der Waals surface area contributed by atoms with Gasteiger partial charge in [-0.25, -0.2) is 0 Å². The first-order valence-corrected chi connectivity index (χ1v) is 5.80. The molecule has 3 heteroatoms. The molecule has 0 radical (unpaired) electrons. The minimum Gasteiger partial charge on any atom is -0.496 e. The molecule has 0 spiro atoms. The fraction of sp³-hybridized carbons (Fsp3) is 0.538. The number of hydrogen-bond donors (Lipinski definition) is 1. The SMILES string of the molecule is COc1c(C)cc(Cl)cc1CC(C)(C)CN. The lowest BCUT2D eigenvalue weighted by Gasteiger charge is -2.24. The van der Waals surface area contributed by atoms with Crippen LogP contribution >= 0.6 is 11.6 Å². The van der Waals surface area contributed by atoms with Crippen molar-refractivity contribution in [3.05, 3.63) is 28.3 Å². The van der Waals surface area contributed by atoms with E-state index in [-0.39, 0.29) is 5.41 Å². The number of methoxy groups -OCH3 is 1. The van der Waals surface area contributed by atoms with Crippen LogP contribution < -0.4 is 10.5 Å². The van der Waals surface area contributed by atoms with E-state index >= 15 is 0 Å². The first-order chi connectivity index (χ1) is 7.39. The summed E-state index contributed by atoms with van der Waals surface area (Å²) >= 11 is 6.06. The fourth-order valence-corrected chi connectivity index (χ4v) is 2.11. The molecular formula is C13H20ClNO. The van der Waals surface area contributed by atoms with E-state index in [1.165, 1.54) is 0 Å². The van der Waals surface area contributed by atoms with Crippen LogP contribution in [-0.4, -0.2) is 13.7 Å². The molecule has 0 aliphatic heterocycles. The van der Waals surface area contributed by atoms with E-state index in [1.807, 2.05) is 19.1 Å². The predicted octanol–water partition coefficient (Wildman–Crippen LogP) is 3.18. The van der Waals surface area contributed by atoms with Crippen LogP contribution in [0.25, 0.3) is 0 Å². The first-order valence-electron chi connectivity index (χ1n) is 5.42. The van der Waals surface area contributed by atoms with Gasteiger partial charge in [0.1, 0.15) is 5.75 Å². The van der Waals surface area contributed by atoms with E-state index in [0.717, 1.165) is 28.3 Å². The Labute approximate surface area is 103 Å². The highest BCUT2D eigenvalue weighted by Gasteiger charge is 2.19. The highest BCUT2D eigenvalue weighted by Crippen LogP contribution is 2.32. The number of halogens is 1. The molecule has 0 aliphatic carbocycles. The van der Waals surface area contributed by atoms with Crippen LogP contribution in [-0.2, 0) is 6.42 Å². The van der Waals surface area contributed by atoms with Crippen LogP contribution in [0.5, 0.6) is 5.75 Å². The van der Waals surface area contributed by atoms with Gasteiger partial charge >= 0.3 is 0 Å². The second-order valence-electron chi connectivity index (χ2n) is 4.96. The van der Waals surface area contributed by atoms with E-state index in [1.54, 1.807) is 7.11 Å². The molecule has 2 N–H and O–H groups in total. The maximum absolute atomic E-state index is 6.06. The molecule has 0 heterocycles. The standard InChI is InChI=1S/C13H20ClNO/c1-9-5-11(14)6-10(12(9)16-4)7-13(2,3)8-15/h5-6H,7-8,15H2,1-4H3. The Balaban J connectivity index is 3.12. The fourth-order valence-electron chi connectivity index (χ4n) is 1.81. The third kappa shape index (κ3) is 3.13. The van der Waals surface area contributed by atoms with Crippen molar-refractivity contribution in [2.24, 2.45) is 11.1 Å². The number of aryl methyl sites for hydroxylation is 1. The smallest absolute Gasteiger partial charge is 0.125 e. The van der Waals surface area contributed by atoms with Crippen molar-refractivity contribution >= 4 is 11.6 Å². The summed E-state index contributed by atoms with van der Waals surface area (Å²) in [5, 5.41) is 0.751. The third-order valence-electron chi connectivity index (χ3n) is 2.74. The normalized spacial score (nSPS) is 11.6. The summed E-state index contributed by atoms with van der Waals surface area (Å²) in [4.78, 5) is 0. The lowest BCUT2D eigenvalue weighted by Crippen LogP contribution is -2.26. The van der Waals surface area contributed by atoms with Gasteiger partial charge in [-0.15, -0.1) is 0 Å². The summed E-state index contributed by atoms with van der Waals surface area (Å²) in [6.07, 6.45) is 0.869. The molecule has 0 atom stereocenters. The van der Waals surface area contributed by atoms with E-state index < -0.39 is 0 Å². The van der Waals surface area contributed by atoms with Gasteiger partial charge < -0.3 is 10.5 Å². The van der Waals surface area contributed by atoms with Crippen LogP contribution in [0.15, 0.2) is 12.1 Å². The first kappa shape index (κ1) is 13.3. The zero-order valence-electron chi connectivity index (χ0n) is 10.4. The minimum absolute atomic E-state index is 0.0599. The van der Waals surface area contributed by atoms with Crippen molar-refractivity contribution in [3.63, 3.8) is 0 Å². The van der Waals surface area contributed by atoms with Gasteiger partial charge in [-0.1, -0.05) is 25.4 Å². The summed E-state index contributed by atoms with van der Waals surface area (Å²) in [5.74, 6) is 0.922. The van der Waals surface area contributed by atoms with E-state index in [0.29, 0.717) is 6.54 Å². The predicted molar refractivity (Wildman–Crippen MR) is 69.3 cm³/mol. The van der Waals surface area contributed by atoms with Crippen molar-refractivity contribution in [1.29, 1.82) is 0 Å². The highest BCUT2D eigenvalue weighted by molar-refractivity contribution is 6.30. The van der Waals surface area contributed by atoms with Crippen LogP contribution in [0.2, 0.25) is 5.02 Å². The lowest BCUT2D eigenvalue weighted by molar-refractivity contribution is 0.358. The van der Waals surface area contributed by atoms with Gasteiger partial charge in [0.25, 0.3) is 0 Å². The molecule has 0 unspecified atom stereocenters. The summed E-state index contributed by atoms with van der Waals surface area (Å²) < 4.78 is 5.42. The Kier molecular flexibility index (Phi) is 4.22. The van der Waals surface area contributed by atoms with E-state index in [9.17, 15) is 0 Å². The summed E-state index contributed by atoms with van der Waals surface area (Å²) in [7, 11) is 1.69. The van der Waals surface area contributed by atoms with Crippen molar-refractivity contribution in [2.45, 2.75) is 27.2 Å². The van der Waals surface area contributed by atoms with Gasteiger partial charge in [-0.3, -0.25) is 0 Å². The molecular weight excluding hydrogens is 222 g/mol. The zero-order chi connectivity index (χ0) is 12.3. The molecule has 0 amide bonds. The van der Waals surface area contributed by atoms with Crippen LogP contribution in [0, 0.1) is 12.3 Å². The number of rotatable bonds is 4. The van der Waals surface area contributed by atoms with Crippen LogP contribution in [0.4, 0.5) is 0 Å². The molecule has 0 fully saturated rings. The lowest BCUT2D eigenvalue weighted by atomic mass is 9.85. The topological polar surface area (TPSA) is 35.2 Å². The largest absolute Gasteiger partial charge is 0.496 e. The Morgan fingerprint density at radius 1 is 1.38 bits per heavy atom. The molecule has 0 saturated carbocycles. The van der Waals surface area contributed by atoms with E-state index in [4.69, 9.17) is 22.1 Å². The van der Waals surface area contributed by atoms with Gasteiger partial charge in [0.05, 0.1) is 7.11 Å². The molecule has 0 bridgehead atoms. The van der Waals surface area contributed by atoms with Crippen molar-refractivity contribution in [1.82, 2.24) is 0 Å². The molecule has 1 rings (SSSR count). The number of ether oxygens (including phenoxy) is 1. The zero-order valence-corrected chi connectivity index (χ0v) is 11.2. The molecule has 16 heavy (non-hydrogen) atoms. The molecule has 0 aliphatic rings. The Morgan fingerprint density at radius 2 is 2.00 bits per heavy atom. The molecule has 90 valence electrons. The molecule has 2 nitrogen and oxygen atoms in total. The minimum atomic E-state index is 0.0599. The number of hydrogen-bond acceptors (Lipinski definition) is 2. The third-order valence-corrected chi connectivity index (χ3v) is 2.96. The quantitative estimate of drug-likeness (QED) is 0.879. The second kappa shape index (κ2) is 5.07. The number of benzene rings is 1. The maximum atomic E-state index is 6.06. The van der Waals surface area contributed by atoms with Crippen LogP contribution in [0.1, 0.15) is 25.0 Å². The molecule has 0 saturated heterocycles. The van der Waals surface area contributed by atoms with E-state index in [2.05, 4.69) is 13.8 Å². The molecule has 1 aromatic carbocycles. The van der Waals surface area contributed by atoms with Gasteiger partial charge in [0.15, 0.2) is 0 Å². The highest BCUT2D eigenvalue weighted by atomic mass is 35.5. The summed E-state index contributed by atoms with van der Waals surface area (Å²) in [6.45, 7) is 6.93. The average Bonchev–Trinajstić information content (AvgIpc) is 2.16. The van der Waals surface area contributed by atoms with Gasteiger partial charge in [0.2, 0.25) is 0 Å². The van der Waals surface area contributed by atoms with Gasteiger partial charge in [0, 0.05) is 5.02 Å². The van der Waals surface area contributed by atoms with Crippen LogP contribution in [0.3, 0.4) is 0 Å². The molecule has 1 aromatic rings. The summed E-state index contributed by atoms with van der Waals surface area (Å²) in [6, 6.07) is 3.88.